The summed E-state index contributed by atoms with van der Waals surface area (Å²) >= 11 is 9.18. The smallest absolute Gasteiger partial charge is 0.305 e. The monoisotopic (exact) mass is 584 g/mol. The number of benzene rings is 1. The van der Waals surface area contributed by atoms with Gasteiger partial charge in [0.25, 0.3) is 11.5 Å². The fraction of sp³-hybridized carbons (Fsp3) is 0.286. The van der Waals surface area contributed by atoms with Crippen molar-refractivity contribution in [3.8, 4) is 5.75 Å². The molecule has 1 aromatic heterocycles. The minimum Gasteiger partial charge on any atom is -0.506 e. The number of phenols is 1. The predicted molar refractivity (Wildman–Crippen MR) is 133 cm³/mol. The summed E-state index contributed by atoms with van der Waals surface area (Å²) < 4.78 is 0.120. The molecule has 2 amide bonds. The number of halogens is 2. The molecule has 3 rings (SSSR count). The van der Waals surface area contributed by atoms with Crippen molar-refractivity contribution < 1.29 is 29.7 Å². The van der Waals surface area contributed by atoms with Gasteiger partial charge in [-0.15, -0.1) is 0 Å². The number of aliphatic carboxylic acids is 1. The van der Waals surface area contributed by atoms with E-state index in [1.807, 2.05) is 0 Å². The summed E-state index contributed by atoms with van der Waals surface area (Å²) in [6.07, 6.45) is -0.403. The number of carbonyl (C=O) groups is 3. The second-order valence-electron chi connectivity index (χ2n) is 7.69. The van der Waals surface area contributed by atoms with Gasteiger partial charge in [-0.2, -0.15) is 0 Å². The van der Waals surface area contributed by atoms with Crippen molar-refractivity contribution >= 4 is 57.0 Å². The number of nitrogens with zero attached hydrogens (tertiary/aromatic N) is 2. The largest absolute Gasteiger partial charge is 0.506 e. The van der Waals surface area contributed by atoms with Gasteiger partial charge in [0.05, 0.1) is 41.7 Å². The fourth-order valence-corrected chi connectivity index (χ4v) is 4.29. The van der Waals surface area contributed by atoms with Crippen molar-refractivity contribution in [3.05, 3.63) is 55.4 Å². The van der Waals surface area contributed by atoms with Gasteiger partial charge in [-0.05, 0) is 34.1 Å². The Balaban J connectivity index is 2.06. The molecule has 2 aromatic rings. The number of carboxylic acid groups (broad SMARTS) is 1. The minimum absolute atomic E-state index is 0.0974. The van der Waals surface area contributed by atoms with E-state index in [4.69, 9.17) is 17.3 Å². The fourth-order valence-electron chi connectivity index (χ4n) is 3.45. The molecule has 2 atom stereocenters. The lowest BCUT2D eigenvalue weighted by molar-refractivity contribution is -0.139. The number of nitrogens with two attached hydrogens (primary N) is 1. The number of aromatic hydroxyl groups is 1. The van der Waals surface area contributed by atoms with Gasteiger partial charge in [0.2, 0.25) is 5.91 Å². The maximum absolute atomic E-state index is 13.5. The van der Waals surface area contributed by atoms with E-state index in [0.29, 0.717) is 4.90 Å². The molecule has 8 N–H and O–H groups in total. The van der Waals surface area contributed by atoms with Crippen LogP contribution in [0.2, 0.25) is 5.02 Å². The molecule has 0 aliphatic carbocycles. The van der Waals surface area contributed by atoms with Gasteiger partial charge in [-0.3, -0.25) is 29.1 Å². The highest BCUT2D eigenvalue weighted by atomic mass is 79.9. The third kappa shape index (κ3) is 6.20. The number of amides is 2. The predicted octanol–water partition coefficient (Wildman–Crippen LogP) is 0.372. The highest BCUT2D eigenvalue weighted by molar-refractivity contribution is 9.10. The summed E-state index contributed by atoms with van der Waals surface area (Å²) in [6, 6.07) is 2.25. The number of phenolic OH excluding ortho intramolecular Hbond substituents is 1. The number of anilines is 1. The number of H-pyrrole nitrogens is 1. The third-order valence-electron chi connectivity index (χ3n) is 5.13. The summed E-state index contributed by atoms with van der Waals surface area (Å²) in [5, 5.41) is 35.2. The van der Waals surface area contributed by atoms with E-state index >= 15 is 0 Å². The first-order valence-electron chi connectivity index (χ1n) is 10.4. The number of β-amino-alcohol motifs (C(OH)–C–C–N with tert-alkyl or cyclic N) is 1. The molecule has 36 heavy (non-hydrogen) atoms. The molecule has 0 radical (unpaired) electrons. The lowest BCUT2D eigenvalue weighted by Crippen LogP contribution is -2.44. The standard InChI is InChI=1S/C21H22BrClN6O7/c22-13-3-10(23)2-12(18(13)34)15(4-17(32)33)29(16(31)5-24)20(36)9-1-14(19(35)25-6-9)28-21-26-7-11(30)8-27-21/h1-3,6,11,15,30,34H,4-5,7-8,24H2,(H,25,35)(H,32,33)(H2,26,27,28)/t15-/m1/s1. The first-order chi connectivity index (χ1) is 17.0. The average molecular weight is 586 g/mol. The number of hydrogen-bond acceptors (Lipinski definition) is 10. The van der Waals surface area contributed by atoms with Crippen LogP contribution in [0.25, 0.3) is 0 Å². The first-order valence-corrected chi connectivity index (χ1v) is 11.6. The number of aromatic nitrogens is 1. The van der Waals surface area contributed by atoms with Crippen molar-refractivity contribution in [3.63, 3.8) is 0 Å². The molecule has 1 unspecified atom stereocenters. The quantitative estimate of drug-likeness (QED) is 0.237. The zero-order chi connectivity index (χ0) is 26.6. The number of rotatable bonds is 7. The van der Waals surface area contributed by atoms with Gasteiger partial charge in [0.1, 0.15) is 11.4 Å². The highest BCUT2D eigenvalue weighted by Crippen LogP contribution is 2.39. The van der Waals surface area contributed by atoms with E-state index in [9.17, 15) is 34.5 Å². The van der Waals surface area contributed by atoms with Crippen LogP contribution in [-0.4, -0.2) is 74.7 Å². The molecule has 2 heterocycles. The van der Waals surface area contributed by atoms with Crippen molar-refractivity contribution in [1.82, 2.24) is 15.2 Å². The molecule has 1 aromatic carbocycles. The normalized spacial score (nSPS) is 15.9. The van der Waals surface area contributed by atoms with Gasteiger partial charge in [0.15, 0.2) is 5.96 Å². The highest BCUT2D eigenvalue weighted by Gasteiger charge is 2.35. The first kappa shape index (κ1) is 27.1. The van der Waals surface area contributed by atoms with E-state index in [0.717, 1.165) is 12.3 Å². The number of carbonyl (C=O) groups excluding carboxylic acids is 2. The molecular weight excluding hydrogens is 564 g/mol. The molecule has 0 bridgehead atoms. The van der Waals surface area contributed by atoms with Crippen LogP contribution in [0, 0.1) is 0 Å². The van der Waals surface area contributed by atoms with Gasteiger partial charge in [0, 0.05) is 23.3 Å². The number of pyridine rings is 1. The molecule has 1 aliphatic rings. The van der Waals surface area contributed by atoms with E-state index in [-0.39, 0.29) is 45.4 Å². The average Bonchev–Trinajstić information content (AvgIpc) is 2.83. The van der Waals surface area contributed by atoms with Gasteiger partial charge >= 0.3 is 5.97 Å². The van der Waals surface area contributed by atoms with Crippen LogP contribution < -0.4 is 21.9 Å². The Hall–Kier alpha value is -3.46. The Morgan fingerprint density at radius 3 is 2.67 bits per heavy atom. The van der Waals surface area contributed by atoms with Crippen molar-refractivity contribution in [2.24, 2.45) is 10.7 Å². The topological polar surface area (TPSA) is 210 Å². The number of aromatic amines is 1. The molecule has 0 saturated heterocycles. The number of nitrogens with one attached hydrogen (secondary N) is 3. The molecule has 1 aliphatic heterocycles. The van der Waals surface area contributed by atoms with Crippen LogP contribution in [-0.2, 0) is 9.59 Å². The van der Waals surface area contributed by atoms with Crippen molar-refractivity contribution in [1.29, 1.82) is 0 Å². The Kier molecular flexibility index (Phi) is 8.68. The molecule has 0 saturated carbocycles. The Bertz CT molecular complexity index is 1280. The van der Waals surface area contributed by atoms with E-state index in [1.165, 1.54) is 12.1 Å². The van der Waals surface area contributed by atoms with Crippen LogP contribution in [0.5, 0.6) is 5.75 Å². The van der Waals surface area contributed by atoms with E-state index in [2.05, 4.69) is 36.5 Å². The molecule has 0 spiro atoms. The maximum Gasteiger partial charge on any atom is 0.305 e. The number of imide groups is 1. The Morgan fingerprint density at radius 1 is 1.33 bits per heavy atom. The van der Waals surface area contributed by atoms with Crippen LogP contribution in [0.3, 0.4) is 0 Å². The lowest BCUT2D eigenvalue weighted by Gasteiger charge is -2.30. The summed E-state index contributed by atoms with van der Waals surface area (Å²) in [5.74, 6) is -3.52. The second kappa shape index (κ2) is 11.5. The maximum atomic E-state index is 13.5. The van der Waals surface area contributed by atoms with Gasteiger partial charge in [-0.1, -0.05) is 11.6 Å². The Labute approximate surface area is 217 Å². The minimum atomic E-state index is -1.49. The van der Waals surface area contributed by atoms with Crippen LogP contribution in [0.15, 0.2) is 38.7 Å². The zero-order valence-electron chi connectivity index (χ0n) is 18.5. The van der Waals surface area contributed by atoms with Crippen LogP contribution in [0.1, 0.15) is 28.4 Å². The summed E-state index contributed by atoms with van der Waals surface area (Å²) in [5.41, 5.74) is 4.51. The van der Waals surface area contributed by atoms with Gasteiger partial charge < -0.3 is 36.7 Å². The molecule has 0 fully saturated rings. The molecule has 13 nitrogen and oxygen atoms in total. The number of aliphatic imine (C=N–C) groups is 1. The van der Waals surface area contributed by atoms with Crippen LogP contribution in [0.4, 0.5) is 5.69 Å². The van der Waals surface area contributed by atoms with Gasteiger partial charge in [-0.25, -0.2) is 0 Å². The van der Waals surface area contributed by atoms with Crippen molar-refractivity contribution in [2.75, 3.05) is 25.0 Å². The number of hydrogen-bond donors (Lipinski definition) is 7. The molecule has 15 heteroatoms. The van der Waals surface area contributed by atoms with Crippen molar-refractivity contribution in [2.45, 2.75) is 18.6 Å². The summed E-state index contributed by atoms with van der Waals surface area (Å²) in [4.78, 5) is 57.4. The molecular formula is C21H22BrClN6O7. The number of aliphatic hydroxyl groups excluding tert-OH is 1. The SMILES string of the molecule is NCC(=O)N(C(=O)c1c[nH]c(=O)c(NC2=NCC(O)CN2)c1)[C@H](CC(=O)O)c1cc(Cl)cc(Br)c1O. The van der Waals surface area contributed by atoms with Crippen LogP contribution >= 0.6 is 27.5 Å². The summed E-state index contributed by atoms with van der Waals surface area (Å²) in [7, 11) is 0. The number of guanidine groups is 1. The summed E-state index contributed by atoms with van der Waals surface area (Å²) in [6.45, 7) is -0.362. The van der Waals surface area contributed by atoms with E-state index in [1.54, 1.807) is 0 Å². The van der Waals surface area contributed by atoms with E-state index < -0.39 is 54.2 Å². The zero-order valence-corrected chi connectivity index (χ0v) is 20.8. The third-order valence-corrected chi connectivity index (χ3v) is 5.95. The molecule has 192 valence electrons. The second-order valence-corrected chi connectivity index (χ2v) is 8.98. The lowest BCUT2D eigenvalue weighted by atomic mass is 9.99. The number of carboxylic acids is 1. The Morgan fingerprint density at radius 2 is 2.06 bits per heavy atom. The number of aliphatic hydroxyl groups is 1.